The molecule has 8 heteroatoms. The molecule has 4 aromatic rings. The van der Waals surface area contributed by atoms with Crippen LogP contribution in [0, 0.1) is 0 Å². The van der Waals surface area contributed by atoms with E-state index >= 15 is 0 Å². The number of hydrogen-bond acceptors (Lipinski definition) is 8. The standard InChI is InChI=1S/C24H20N4O3S/c1-30-20-13-16(11-12-19(20)29)22-25-18-10-6-5-9-17(18)21-23(31-22)26-24(28-27-21)32-14-15-7-3-2-4-8-15/h2-13,22,25,29H,14H2,1H3/t22-/m0/s1. The fraction of sp³-hybridized carbons (Fsp3) is 0.125. The van der Waals surface area contributed by atoms with E-state index in [0.717, 1.165) is 22.6 Å². The van der Waals surface area contributed by atoms with Crippen molar-refractivity contribution in [3.8, 4) is 28.6 Å². The number of benzene rings is 3. The Balaban J connectivity index is 1.51. The highest BCUT2D eigenvalue weighted by molar-refractivity contribution is 7.98. The Morgan fingerprint density at radius 3 is 2.69 bits per heavy atom. The molecule has 0 spiro atoms. The molecule has 1 atom stereocenters. The summed E-state index contributed by atoms with van der Waals surface area (Å²) < 4.78 is 11.5. The lowest BCUT2D eigenvalue weighted by Crippen LogP contribution is -2.17. The molecular weight excluding hydrogens is 424 g/mol. The number of fused-ring (bicyclic) bond motifs is 3. The lowest BCUT2D eigenvalue weighted by molar-refractivity contribution is 0.224. The summed E-state index contributed by atoms with van der Waals surface area (Å²) >= 11 is 1.50. The largest absolute Gasteiger partial charge is 0.504 e. The molecule has 0 radical (unpaired) electrons. The molecule has 1 aliphatic heterocycles. The van der Waals surface area contributed by atoms with Crippen molar-refractivity contribution in [3.05, 3.63) is 83.9 Å². The van der Waals surface area contributed by atoms with Gasteiger partial charge in [0.25, 0.3) is 0 Å². The molecule has 0 unspecified atom stereocenters. The topological polar surface area (TPSA) is 89.4 Å². The van der Waals surface area contributed by atoms with Crippen molar-refractivity contribution in [1.82, 2.24) is 15.2 Å². The van der Waals surface area contributed by atoms with E-state index in [1.54, 1.807) is 18.2 Å². The van der Waals surface area contributed by atoms with Gasteiger partial charge < -0.3 is 19.9 Å². The number of nitrogens with zero attached hydrogens (tertiary/aromatic N) is 3. The third-order valence-corrected chi connectivity index (χ3v) is 5.96. The number of ether oxygens (including phenoxy) is 2. The Morgan fingerprint density at radius 2 is 1.84 bits per heavy atom. The second-order valence-electron chi connectivity index (χ2n) is 7.14. The van der Waals surface area contributed by atoms with Gasteiger partial charge >= 0.3 is 0 Å². The fourth-order valence-corrected chi connectivity index (χ4v) is 4.17. The van der Waals surface area contributed by atoms with Gasteiger partial charge in [0.15, 0.2) is 23.4 Å². The van der Waals surface area contributed by atoms with Crippen LogP contribution in [-0.2, 0) is 5.75 Å². The predicted octanol–water partition coefficient (Wildman–Crippen LogP) is 5.05. The van der Waals surface area contributed by atoms with E-state index in [0.29, 0.717) is 22.5 Å². The Labute approximate surface area is 189 Å². The van der Waals surface area contributed by atoms with Gasteiger partial charge in [0.2, 0.25) is 11.0 Å². The zero-order valence-corrected chi connectivity index (χ0v) is 18.0. The van der Waals surface area contributed by atoms with Crippen LogP contribution in [0.15, 0.2) is 78.0 Å². The number of rotatable bonds is 5. The molecule has 0 bridgehead atoms. The van der Waals surface area contributed by atoms with Crippen LogP contribution in [0.4, 0.5) is 5.69 Å². The van der Waals surface area contributed by atoms with Gasteiger partial charge in [-0.05, 0) is 29.8 Å². The smallest absolute Gasteiger partial charge is 0.247 e. The van der Waals surface area contributed by atoms with E-state index in [4.69, 9.17) is 9.47 Å². The van der Waals surface area contributed by atoms with E-state index in [9.17, 15) is 5.11 Å². The number of aromatic nitrogens is 3. The second kappa shape index (κ2) is 8.76. The van der Waals surface area contributed by atoms with Gasteiger partial charge in [0.05, 0.1) is 7.11 Å². The first-order valence-electron chi connectivity index (χ1n) is 10.0. The minimum atomic E-state index is -0.560. The molecule has 0 amide bonds. The van der Waals surface area contributed by atoms with Gasteiger partial charge in [-0.2, -0.15) is 4.98 Å². The van der Waals surface area contributed by atoms with Gasteiger partial charge in [-0.1, -0.05) is 60.3 Å². The minimum absolute atomic E-state index is 0.0641. The number of methoxy groups -OCH3 is 1. The summed E-state index contributed by atoms with van der Waals surface area (Å²) in [6.07, 6.45) is -0.560. The predicted molar refractivity (Wildman–Crippen MR) is 123 cm³/mol. The van der Waals surface area contributed by atoms with Crippen LogP contribution in [0.1, 0.15) is 17.4 Å². The Hall–Kier alpha value is -3.78. The molecule has 0 saturated carbocycles. The number of para-hydroxylation sites is 1. The van der Waals surface area contributed by atoms with E-state index in [1.165, 1.54) is 24.4 Å². The Morgan fingerprint density at radius 1 is 1.03 bits per heavy atom. The van der Waals surface area contributed by atoms with E-state index < -0.39 is 6.23 Å². The third-order valence-electron chi connectivity index (χ3n) is 5.05. The quantitative estimate of drug-likeness (QED) is 0.414. The van der Waals surface area contributed by atoms with Crippen LogP contribution >= 0.6 is 11.8 Å². The maximum Gasteiger partial charge on any atom is 0.247 e. The van der Waals surface area contributed by atoms with Crippen LogP contribution in [0.3, 0.4) is 0 Å². The van der Waals surface area contributed by atoms with Gasteiger partial charge in [-0.15, -0.1) is 10.2 Å². The number of nitrogens with one attached hydrogen (secondary N) is 1. The fourth-order valence-electron chi connectivity index (χ4n) is 3.44. The molecule has 0 saturated heterocycles. The van der Waals surface area contributed by atoms with E-state index in [-0.39, 0.29) is 5.75 Å². The first-order chi connectivity index (χ1) is 15.7. The Bertz CT molecular complexity index is 1250. The number of anilines is 1. The van der Waals surface area contributed by atoms with Crippen LogP contribution in [0.2, 0.25) is 0 Å². The molecule has 2 heterocycles. The van der Waals surface area contributed by atoms with Crippen LogP contribution in [0.25, 0.3) is 11.3 Å². The average molecular weight is 445 g/mol. The van der Waals surface area contributed by atoms with Crippen molar-refractivity contribution >= 4 is 17.4 Å². The molecule has 5 rings (SSSR count). The summed E-state index contributed by atoms with van der Waals surface area (Å²) in [5, 5.41) is 22.7. The maximum absolute atomic E-state index is 9.97. The molecule has 160 valence electrons. The van der Waals surface area contributed by atoms with Crippen molar-refractivity contribution in [1.29, 1.82) is 0 Å². The maximum atomic E-state index is 9.97. The highest BCUT2D eigenvalue weighted by Gasteiger charge is 2.26. The molecule has 32 heavy (non-hydrogen) atoms. The molecule has 3 aromatic carbocycles. The average Bonchev–Trinajstić information content (AvgIpc) is 3.00. The summed E-state index contributed by atoms with van der Waals surface area (Å²) in [6.45, 7) is 0. The summed E-state index contributed by atoms with van der Waals surface area (Å²) in [5.41, 5.74) is 4.24. The first-order valence-corrected chi connectivity index (χ1v) is 11.0. The van der Waals surface area contributed by atoms with Crippen molar-refractivity contribution in [3.63, 3.8) is 0 Å². The van der Waals surface area contributed by atoms with Crippen molar-refractivity contribution in [2.24, 2.45) is 0 Å². The summed E-state index contributed by atoms with van der Waals surface area (Å²) in [4.78, 5) is 4.67. The number of phenols is 1. The number of thioether (sulfide) groups is 1. The first kappa shape index (κ1) is 20.1. The third kappa shape index (κ3) is 4.04. The summed E-state index contributed by atoms with van der Waals surface area (Å²) in [5.74, 6) is 1.55. The second-order valence-corrected chi connectivity index (χ2v) is 8.08. The van der Waals surface area contributed by atoms with Crippen molar-refractivity contribution < 1.29 is 14.6 Å². The van der Waals surface area contributed by atoms with E-state index in [1.807, 2.05) is 42.5 Å². The molecular formula is C24H20N4O3S. The number of hydrogen-bond donors (Lipinski definition) is 2. The van der Waals surface area contributed by atoms with Gasteiger partial charge in [0.1, 0.15) is 0 Å². The lowest BCUT2D eigenvalue weighted by Gasteiger charge is -2.20. The lowest BCUT2D eigenvalue weighted by atomic mass is 10.1. The zero-order valence-electron chi connectivity index (χ0n) is 17.2. The van der Waals surface area contributed by atoms with Crippen LogP contribution in [0.5, 0.6) is 17.4 Å². The molecule has 0 fully saturated rings. The van der Waals surface area contributed by atoms with E-state index in [2.05, 4.69) is 32.6 Å². The van der Waals surface area contributed by atoms with Gasteiger partial charge in [-0.25, -0.2) is 0 Å². The highest BCUT2D eigenvalue weighted by Crippen LogP contribution is 2.40. The molecule has 1 aliphatic rings. The van der Waals surface area contributed by atoms with Gasteiger partial charge in [0, 0.05) is 22.6 Å². The summed E-state index contributed by atoms with van der Waals surface area (Å²) in [6, 6.07) is 23.0. The monoisotopic (exact) mass is 444 g/mol. The number of aromatic hydroxyl groups is 1. The normalized spacial score (nSPS) is 14.3. The SMILES string of the molecule is COc1cc([C@H]2Nc3ccccc3-c3nnc(SCc4ccccc4)nc3O2)ccc1O. The Kier molecular flexibility index (Phi) is 5.51. The van der Waals surface area contributed by atoms with Crippen LogP contribution < -0.4 is 14.8 Å². The number of phenolic OH excluding ortho intramolecular Hbond substituents is 1. The van der Waals surface area contributed by atoms with Crippen molar-refractivity contribution in [2.45, 2.75) is 17.1 Å². The zero-order chi connectivity index (χ0) is 21.9. The molecule has 0 aliphatic carbocycles. The summed E-state index contributed by atoms with van der Waals surface area (Å²) in [7, 11) is 1.51. The molecule has 7 nitrogen and oxygen atoms in total. The van der Waals surface area contributed by atoms with Gasteiger partial charge in [-0.3, -0.25) is 0 Å². The van der Waals surface area contributed by atoms with Crippen LogP contribution in [-0.4, -0.2) is 27.4 Å². The minimum Gasteiger partial charge on any atom is -0.504 e. The highest BCUT2D eigenvalue weighted by atomic mass is 32.2. The molecule has 2 N–H and O–H groups in total. The van der Waals surface area contributed by atoms with Crippen molar-refractivity contribution in [2.75, 3.05) is 12.4 Å². The molecule has 1 aromatic heterocycles.